The van der Waals surface area contributed by atoms with Gasteiger partial charge < -0.3 is 19.6 Å². The predicted molar refractivity (Wildman–Crippen MR) is 151 cm³/mol. The lowest BCUT2D eigenvalue weighted by Crippen LogP contribution is -2.46. The summed E-state index contributed by atoms with van der Waals surface area (Å²) in [6.07, 6.45) is 1.52. The lowest BCUT2D eigenvalue weighted by molar-refractivity contribution is -0.128. The summed E-state index contributed by atoms with van der Waals surface area (Å²) in [5, 5.41) is 13.5. The Morgan fingerprint density at radius 1 is 1.26 bits per heavy atom. The highest BCUT2D eigenvalue weighted by molar-refractivity contribution is 7.89. The number of carbonyl (C=O) groups is 2. The van der Waals surface area contributed by atoms with Crippen LogP contribution in [0.2, 0.25) is 18.1 Å². The first-order valence-electron chi connectivity index (χ1n) is 13.7. The van der Waals surface area contributed by atoms with Gasteiger partial charge in [0.25, 0.3) is 0 Å². The van der Waals surface area contributed by atoms with Crippen LogP contribution in [0, 0.1) is 16.7 Å². The summed E-state index contributed by atoms with van der Waals surface area (Å²) in [5.41, 5.74) is -1.76. The minimum atomic E-state index is -3.93. The maximum Gasteiger partial charge on any atom is 0.407 e. The first kappa shape index (κ1) is 31.8. The van der Waals surface area contributed by atoms with Crippen molar-refractivity contribution in [3.63, 3.8) is 0 Å². The minimum absolute atomic E-state index is 0.0236. The number of alkyl carbamates (subject to hydrolysis) is 1. The van der Waals surface area contributed by atoms with Gasteiger partial charge in [-0.05, 0) is 63.1 Å². The van der Waals surface area contributed by atoms with Crippen molar-refractivity contribution in [2.75, 3.05) is 12.3 Å². The van der Waals surface area contributed by atoms with Crippen LogP contribution < -0.4 is 5.32 Å². The second-order valence-corrected chi connectivity index (χ2v) is 20.9. The third-order valence-corrected chi connectivity index (χ3v) is 15.3. The molecule has 1 aromatic rings. The molecule has 2 N–H and O–H groups in total. The third-order valence-electron chi connectivity index (χ3n) is 9.19. The Kier molecular flexibility index (Phi) is 8.35. The highest BCUT2D eigenvalue weighted by Crippen LogP contribution is 2.64. The number of imidazole rings is 1. The molecule has 3 rings (SSSR count). The number of fused-ring (bicyclic) bond motifs is 2. The van der Waals surface area contributed by atoms with E-state index in [1.54, 1.807) is 20.8 Å². The van der Waals surface area contributed by atoms with Crippen LogP contribution in [0.15, 0.2) is 12.5 Å². The van der Waals surface area contributed by atoms with Crippen molar-refractivity contribution in [3.8, 4) is 0 Å². The van der Waals surface area contributed by atoms with E-state index in [4.69, 9.17) is 9.16 Å². The largest absolute Gasteiger partial charge is 0.444 e. The third kappa shape index (κ3) is 6.28. The van der Waals surface area contributed by atoms with Crippen LogP contribution in [-0.2, 0) is 24.0 Å². The molecule has 0 spiro atoms. The number of hydrogen-bond donors (Lipinski definition) is 2. The normalized spacial score (nSPS) is 25.0. The van der Waals surface area contributed by atoms with Crippen molar-refractivity contribution in [3.05, 3.63) is 18.2 Å². The van der Waals surface area contributed by atoms with E-state index in [2.05, 4.69) is 31.1 Å². The monoisotopic (exact) mass is 585 g/mol. The molecule has 222 valence electrons. The average molecular weight is 586 g/mol. The number of ether oxygens (including phenoxy) is 1. The molecule has 0 radical (unpaired) electrons. The number of amides is 1. The number of rotatable bonds is 9. The Morgan fingerprint density at radius 3 is 2.36 bits per heavy atom. The molecule has 1 amide bonds. The molecule has 0 saturated heterocycles. The number of ketones is 1. The highest BCUT2D eigenvalue weighted by Gasteiger charge is 2.65. The number of hydrogen-bond acceptors (Lipinski definition) is 8. The number of nitrogens with zero attached hydrogens (tertiary/aromatic N) is 2. The van der Waals surface area contributed by atoms with E-state index in [-0.39, 0.29) is 34.7 Å². The minimum Gasteiger partial charge on any atom is -0.444 e. The zero-order valence-electron chi connectivity index (χ0n) is 25.1. The summed E-state index contributed by atoms with van der Waals surface area (Å²) >= 11 is 0. The van der Waals surface area contributed by atoms with Crippen LogP contribution >= 0.6 is 0 Å². The Morgan fingerprint density at radius 2 is 1.87 bits per heavy atom. The molecular formula is C27H47N3O7SSi. The summed E-state index contributed by atoms with van der Waals surface area (Å²) in [7, 11) is -6.39. The van der Waals surface area contributed by atoms with Crippen LogP contribution in [0.3, 0.4) is 0 Å². The van der Waals surface area contributed by atoms with Crippen LogP contribution in [0.4, 0.5) is 4.79 Å². The van der Waals surface area contributed by atoms with E-state index in [9.17, 15) is 23.1 Å². The van der Waals surface area contributed by atoms with Gasteiger partial charge in [0.2, 0.25) is 10.0 Å². The predicted octanol–water partition coefficient (Wildman–Crippen LogP) is 4.40. The van der Waals surface area contributed by atoms with E-state index in [1.807, 2.05) is 26.9 Å². The molecule has 4 atom stereocenters. The zero-order valence-corrected chi connectivity index (χ0v) is 26.9. The van der Waals surface area contributed by atoms with E-state index < -0.39 is 53.1 Å². The molecule has 2 fully saturated rings. The lowest BCUT2D eigenvalue weighted by Gasteiger charge is -2.40. The first-order valence-corrected chi connectivity index (χ1v) is 18.2. The van der Waals surface area contributed by atoms with E-state index >= 15 is 0 Å². The second kappa shape index (κ2) is 10.3. The van der Waals surface area contributed by atoms with E-state index in [0.29, 0.717) is 12.8 Å². The summed E-state index contributed by atoms with van der Waals surface area (Å²) in [6, 6.07) is 0. The Bertz CT molecular complexity index is 1200. The molecule has 2 aliphatic carbocycles. The standard InChI is InChI=1S/C27H47N3O7SSi/c1-24(2,3)36-23(33)28-14-20(31)22(37-39(9,10)25(4,5)6)19-15-30(17-29-19)38(34,35)16-27-12-11-18(13-21(27)32)26(27,7)8/h15,17-18,20,22,31H,11-14,16H2,1-10H3,(H,28,33)/t18-,20-,22-,27-/m1/s1. The van der Waals surface area contributed by atoms with Crippen molar-refractivity contribution in [2.24, 2.45) is 16.7 Å². The number of carbonyl (C=O) groups excluding carboxylic acids is 2. The SMILES string of the molecule is CC(C)(C)OC(=O)NC[C@@H](O)[C@H](O[Si](C)(C)C(C)(C)C)c1cn(S(=O)(=O)C[C@]23CC[C@H](CC2=O)C3(C)C)cn1. The van der Waals surface area contributed by atoms with Crippen LogP contribution in [0.25, 0.3) is 0 Å². The molecule has 2 aliphatic rings. The summed E-state index contributed by atoms with van der Waals surface area (Å²) < 4.78 is 40.0. The van der Waals surface area contributed by atoms with Gasteiger partial charge in [0, 0.05) is 19.2 Å². The van der Waals surface area contributed by atoms with Gasteiger partial charge in [-0.2, -0.15) is 0 Å². The molecule has 1 aromatic heterocycles. The molecule has 2 saturated carbocycles. The number of Topliss-reactive ketones (excluding diaryl/α,β-unsaturated/α-hetero) is 1. The second-order valence-electron chi connectivity index (χ2n) is 14.3. The van der Waals surface area contributed by atoms with Gasteiger partial charge >= 0.3 is 6.09 Å². The van der Waals surface area contributed by atoms with Crippen LogP contribution in [-0.4, -0.2) is 66.7 Å². The molecule has 10 nitrogen and oxygen atoms in total. The molecule has 1 heterocycles. The van der Waals surface area contributed by atoms with Gasteiger partial charge in [-0.1, -0.05) is 34.6 Å². The van der Waals surface area contributed by atoms with Crippen molar-refractivity contribution in [1.82, 2.24) is 14.3 Å². The molecule has 0 aromatic carbocycles. The van der Waals surface area contributed by atoms with Crippen molar-refractivity contribution < 1.29 is 32.3 Å². The zero-order chi connectivity index (χ0) is 29.8. The number of nitrogens with one attached hydrogen (secondary N) is 1. The fourth-order valence-electron chi connectivity index (χ4n) is 5.55. The molecule has 39 heavy (non-hydrogen) atoms. The van der Waals surface area contributed by atoms with Gasteiger partial charge in [0.1, 0.15) is 29.9 Å². The smallest absolute Gasteiger partial charge is 0.407 e. The summed E-state index contributed by atoms with van der Waals surface area (Å²) in [6.45, 7) is 19.2. The summed E-state index contributed by atoms with van der Waals surface area (Å²) in [5.74, 6) is -0.0572. The van der Waals surface area contributed by atoms with Crippen molar-refractivity contribution >= 4 is 30.2 Å². The number of aliphatic hydroxyl groups excluding tert-OH is 1. The van der Waals surface area contributed by atoms with Crippen LogP contribution in [0.1, 0.15) is 86.5 Å². The summed E-state index contributed by atoms with van der Waals surface area (Å²) in [4.78, 5) is 29.5. The van der Waals surface area contributed by atoms with Crippen molar-refractivity contribution in [1.29, 1.82) is 0 Å². The van der Waals surface area contributed by atoms with Crippen LogP contribution in [0.5, 0.6) is 0 Å². The molecule has 0 unspecified atom stereocenters. The molecule has 2 bridgehead atoms. The maximum absolute atomic E-state index is 13.6. The van der Waals surface area contributed by atoms with E-state index in [1.165, 1.54) is 12.5 Å². The number of aromatic nitrogens is 2. The first-order chi connectivity index (χ1) is 17.5. The molecule has 12 heteroatoms. The topological polar surface area (TPSA) is 137 Å². The average Bonchev–Trinajstić information content (AvgIpc) is 3.38. The quantitative estimate of drug-likeness (QED) is 0.407. The van der Waals surface area contributed by atoms with Gasteiger partial charge in [-0.25, -0.2) is 22.2 Å². The molecular weight excluding hydrogens is 538 g/mol. The van der Waals surface area contributed by atoms with Gasteiger partial charge in [0.05, 0.1) is 16.9 Å². The Hall–Kier alpha value is -1.76. The van der Waals surface area contributed by atoms with Gasteiger partial charge in [0.15, 0.2) is 8.32 Å². The van der Waals surface area contributed by atoms with E-state index in [0.717, 1.165) is 10.4 Å². The fraction of sp³-hybridized carbons (Fsp3) is 0.815. The van der Waals surface area contributed by atoms with Gasteiger partial charge in [-0.3, -0.25) is 4.79 Å². The molecule has 0 aliphatic heterocycles. The highest BCUT2D eigenvalue weighted by atomic mass is 32.2. The lowest BCUT2D eigenvalue weighted by atomic mass is 9.70. The number of aliphatic hydroxyl groups is 1. The van der Waals surface area contributed by atoms with Crippen molar-refractivity contribution in [2.45, 2.75) is 111 Å². The fourth-order valence-corrected chi connectivity index (χ4v) is 8.73. The van der Waals surface area contributed by atoms with Gasteiger partial charge in [-0.15, -0.1) is 0 Å². The Balaban J connectivity index is 1.88. The maximum atomic E-state index is 13.6. The Labute approximate surface area is 234 Å².